The molecule has 0 aromatic carbocycles. The summed E-state index contributed by atoms with van der Waals surface area (Å²) in [5, 5.41) is 0. The summed E-state index contributed by atoms with van der Waals surface area (Å²) in [7, 11) is 1.65. The van der Waals surface area contributed by atoms with E-state index in [0.29, 0.717) is 13.2 Å². The van der Waals surface area contributed by atoms with Gasteiger partial charge in [0.1, 0.15) is 12.4 Å². The minimum Gasteiger partial charge on any atom is -0.496 e. The molecule has 0 atom stereocenters. The third-order valence-electron chi connectivity index (χ3n) is 1.47. The van der Waals surface area contributed by atoms with Gasteiger partial charge in [-0.1, -0.05) is 24.3 Å². The van der Waals surface area contributed by atoms with Crippen molar-refractivity contribution in [2.24, 2.45) is 0 Å². The molecule has 0 bridgehead atoms. The van der Waals surface area contributed by atoms with Crippen LogP contribution in [0.3, 0.4) is 0 Å². The Morgan fingerprint density at radius 3 is 2.54 bits per heavy atom. The molecule has 0 aromatic rings. The Morgan fingerprint density at radius 2 is 2.08 bits per heavy atom. The highest BCUT2D eigenvalue weighted by Gasteiger charge is 1.93. The van der Waals surface area contributed by atoms with E-state index in [9.17, 15) is 0 Å². The van der Waals surface area contributed by atoms with E-state index in [1.54, 1.807) is 13.2 Å². The zero-order chi connectivity index (χ0) is 10.1. The quantitative estimate of drug-likeness (QED) is 0.464. The van der Waals surface area contributed by atoms with Crippen molar-refractivity contribution >= 4 is 0 Å². The van der Waals surface area contributed by atoms with E-state index in [2.05, 4.69) is 6.58 Å². The summed E-state index contributed by atoms with van der Waals surface area (Å²) in [5.74, 6) is 0.839. The number of allylic oxidation sites excluding steroid dienone is 4. The fourth-order valence-electron chi connectivity index (χ4n) is 0.758. The van der Waals surface area contributed by atoms with Gasteiger partial charge >= 0.3 is 0 Å². The average Bonchev–Trinajstić information content (AvgIpc) is 2.14. The summed E-state index contributed by atoms with van der Waals surface area (Å²) in [6.45, 7) is 8.77. The van der Waals surface area contributed by atoms with Gasteiger partial charge in [-0.25, -0.2) is 0 Å². The molecule has 2 heteroatoms. The van der Waals surface area contributed by atoms with Crippen LogP contribution in [0.5, 0.6) is 0 Å². The zero-order valence-corrected chi connectivity index (χ0v) is 8.67. The summed E-state index contributed by atoms with van der Waals surface area (Å²) in [6.07, 6.45) is 5.66. The van der Waals surface area contributed by atoms with Crippen molar-refractivity contribution in [1.82, 2.24) is 0 Å². The molecule has 0 radical (unpaired) electrons. The molecule has 74 valence electrons. The van der Waals surface area contributed by atoms with Gasteiger partial charge in [0.05, 0.1) is 6.61 Å². The maximum atomic E-state index is 5.33. The van der Waals surface area contributed by atoms with Gasteiger partial charge in [-0.05, 0) is 19.9 Å². The van der Waals surface area contributed by atoms with Crippen LogP contribution in [0.2, 0.25) is 0 Å². The first-order valence-electron chi connectivity index (χ1n) is 4.36. The zero-order valence-electron chi connectivity index (χ0n) is 8.67. The molecule has 2 nitrogen and oxygen atoms in total. The van der Waals surface area contributed by atoms with Gasteiger partial charge in [-0.15, -0.1) is 0 Å². The second-order valence-electron chi connectivity index (χ2n) is 2.61. The summed E-state index contributed by atoms with van der Waals surface area (Å²) in [6, 6.07) is 0. The van der Waals surface area contributed by atoms with Crippen LogP contribution in [0.4, 0.5) is 0 Å². The number of hydrogen-bond acceptors (Lipinski definition) is 2. The molecule has 0 saturated carbocycles. The third-order valence-corrected chi connectivity index (χ3v) is 1.47. The summed E-state index contributed by atoms with van der Waals surface area (Å²) in [5.41, 5.74) is 1.10. The highest BCUT2D eigenvalue weighted by Crippen LogP contribution is 2.01. The number of methoxy groups -OCH3 is 1. The largest absolute Gasteiger partial charge is 0.496 e. The molecule has 0 saturated heterocycles. The van der Waals surface area contributed by atoms with Crippen LogP contribution in [0.1, 0.15) is 13.8 Å². The minimum absolute atomic E-state index is 0.509. The van der Waals surface area contributed by atoms with E-state index < -0.39 is 0 Å². The lowest BCUT2D eigenvalue weighted by atomic mass is 10.2. The van der Waals surface area contributed by atoms with E-state index in [0.717, 1.165) is 11.3 Å². The van der Waals surface area contributed by atoms with Crippen molar-refractivity contribution in [2.45, 2.75) is 13.8 Å². The van der Waals surface area contributed by atoms with Crippen LogP contribution in [0.25, 0.3) is 0 Å². The number of hydrogen-bond donors (Lipinski definition) is 0. The molecule has 0 aromatic heterocycles. The van der Waals surface area contributed by atoms with Gasteiger partial charge < -0.3 is 9.47 Å². The smallest absolute Gasteiger partial charge is 0.122 e. The molecular formula is C11H18O2. The first kappa shape index (κ1) is 12.0. The Hall–Kier alpha value is -1.02. The van der Waals surface area contributed by atoms with Crippen molar-refractivity contribution in [2.75, 3.05) is 20.3 Å². The maximum Gasteiger partial charge on any atom is 0.122 e. The molecule has 0 amide bonds. The van der Waals surface area contributed by atoms with Crippen molar-refractivity contribution in [3.63, 3.8) is 0 Å². The van der Waals surface area contributed by atoms with Crippen molar-refractivity contribution in [1.29, 1.82) is 0 Å². The first-order chi connectivity index (χ1) is 6.24. The molecule has 0 fully saturated rings. The average molecular weight is 182 g/mol. The molecular weight excluding hydrogens is 164 g/mol. The standard InChI is InChI=1S/C11H18O2/c1-5-10(3)7-8-11(9-12-4)13-6-2/h5,7-8H,1,6,9H2,2-4H3/b10-7-,11-8+. The Kier molecular flexibility index (Phi) is 7.02. The SMILES string of the molecule is C=C/C(C)=C\C=C(/COC)OCC. The van der Waals surface area contributed by atoms with Crippen LogP contribution >= 0.6 is 0 Å². The van der Waals surface area contributed by atoms with Crippen LogP contribution in [-0.2, 0) is 9.47 Å². The van der Waals surface area contributed by atoms with Gasteiger partial charge in [0, 0.05) is 7.11 Å². The molecule has 0 aliphatic rings. The molecule has 0 spiro atoms. The Bertz CT molecular complexity index is 194. The van der Waals surface area contributed by atoms with Gasteiger partial charge in [0.15, 0.2) is 0 Å². The van der Waals surface area contributed by atoms with E-state index in [-0.39, 0.29) is 0 Å². The Morgan fingerprint density at radius 1 is 1.38 bits per heavy atom. The van der Waals surface area contributed by atoms with E-state index in [1.165, 1.54) is 0 Å². The fraction of sp³-hybridized carbons (Fsp3) is 0.455. The van der Waals surface area contributed by atoms with Gasteiger partial charge in [-0.2, -0.15) is 0 Å². The highest BCUT2D eigenvalue weighted by atomic mass is 16.5. The highest BCUT2D eigenvalue weighted by molar-refractivity contribution is 5.21. The Balaban J connectivity index is 4.24. The molecule has 13 heavy (non-hydrogen) atoms. The van der Waals surface area contributed by atoms with Crippen LogP contribution in [0, 0.1) is 0 Å². The predicted molar refractivity (Wildman–Crippen MR) is 55.5 cm³/mol. The van der Waals surface area contributed by atoms with E-state index >= 15 is 0 Å². The Labute approximate surface area is 80.5 Å². The first-order valence-corrected chi connectivity index (χ1v) is 4.36. The monoisotopic (exact) mass is 182 g/mol. The lowest BCUT2D eigenvalue weighted by Gasteiger charge is -2.05. The normalized spacial score (nSPS) is 12.8. The van der Waals surface area contributed by atoms with Crippen LogP contribution < -0.4 is 0 Å². The summed E-state index contributed by atoms with van der Waals surface area (Å²) >= 11 is 0. The van der Waals surface area contributed by atoms with Crippen LogP contribution in [0.15, 0.2) is 36.1 Å². The maximum absolute atomic E-state index is 5.33. The van der Waals surface area contributed by atoms with Gasteiger partial charge in [-0.3, -0.25) is 0 Å². The van der Waals surface area contributed by atoms with Gasteiger partial charge in [0.2, 0.25) is 0 Å². The second-order valence-corrected chi connectivity index (χ2v) is 2.61. The molecule has 0 aliphatic heterocycles. The number of rotatable bonds is 6. The topological polar surface area (TPSA) is 18.5 Å². The predicted octanol–water partition coefficient (Wildman–Crippen LogP) is 2.69. The van der Waals surface area contributed by atoms with Crippen LogP contribution in [-0.4, -0.2) is 20.3 Å². The number of ether oxygens (including phenoxy) is 2. The van der Waals surface area contributed by atoms with E-state index in [1.807, 2.05) is 26.0 Å². The molecule has 0 aliphatic carbocycles. The fourth-order valence-corrected chi connectivity index (χ4v) is 0.758. The third kappa shape index (κ3) is 6.17. The lowest BCUT2D eigenvalue weighted by Crippen LogP contribution is -1.99. The van der Waals surface area contributed by atoms with Gasteiger partial charge in [0.25, 0.3) is 0 Å². The molecule has 0 heterocycles. The van der Waals surface area contributed by atoms with Crippen molar-refractivity contribution < 1.29 is 9.47 Å². The van der Waals surface area contributed by atoms with Crippen molar-refractivity contribution in [3.8, 4) is 0 Å². The second kappa shape index (κ2) is 7.62. The van der Waals surface area contributed by atoms with Crippen molar-refractivity contribution in [3.05, 3.63) is 36.1 Å². The molecule has 0 N–H and O–H groups in total. The lowest BCUT2D eigenvalue weighted by molar-refractivity contribution is 0.138. The van der Waals surface area contributed by atoms with E-state index in [4.69, 9.17) is 9.47 Å². The summed E-state index contributed by atoms with van der Waals surface area (Å²) < 4.78 is 10.3. The molecule has 0 rings (SSSR count). The minimum atomic E-state index is 0.509. The summed E-state index contributed by atoms with van der Waals surface area (Å²) in [4.78, 5) is 0. The molecule has 0 unspecified atom stereocenters.